The summed E-state index contributed by atoms with van der Waals surface area (Å²) in [6.07, 6.45) is 5.88. The number of aliphatic hydroxyl groups excluding tert-OH is 1. The van der Waals surface area contributed by atoms with E-state index in [-0.39, 0.29) is 23.7 Å². The van der Waals surface area contributed by atoms with Crippen molar-refractivity contribution >= 4 is 11.7 Å². The zero-order valence-corrected chi connectivity index (χ0v) is 20.3. The average molecular weight is 477 g/mol. The molecule has 1 aliphatic carbocycles. The van der Waals surface area contributed by atoms with Gasteiger partial charge in [0.1, 0.15) is 17.9 Å². The third-order valence-corrected chi connectivity index (χ3v) is 7.40. The molecule has 184 valence electrons. The number of aromatic nitrogens is 2. The predicted octanol–water partition coefficient (Wildman–Crippen LogP) is 5.21. The van der Waals surface area contributed by atoms with Crippen molar-refractivity contribution in [2.24, 2.45) is 0 Å². The second-order valence-corrected chi connectivity index (χ2v) is 9.92. The Hall–Kier alpha value is -3.19. The van der Waals surface area contributed by atoms with Crippen LogP contribution in [-0.2, 0) is 0 Å². The highest BCUT2D eigenvalue weighted by Crippen LogP contribution is 2.43. The van der Waals surface area contributed by atoms with Crippen molar-refractivity contribution in [1.29, 1.82) is 0 Å². The van der Waals surface area contributed by atoms with Crippen LogP contribution < -0.4 is 10.6 Å². The third kappa shape index (κ3) is 4.69. The van der Waals surface area contributed by atoms with Crippen LogP contribution in [0.4, 0.5) is 10.2 Å². The largest absolute Gasteiger partial charge is 0.372 e. The van der Waals surface area contributed by atoms with Gasteiger partial charge in [-0.1, -0.05) is 55.5 Å². The molecule has 1 aliphatic heterocycles. The lowest BCUT2D eigenvalue weighted by Crippen LogP contribution is -2.53. The van der Waals surface area contributed by atoms with Gasteiger partial charge in [0.05, 0.1) is 17.8 Å². The van der Waals surface area contributed by atoms with Gasteiger partial charge in [0.15, 0.2) is 0 Å². The summed E-state index contributed by atoms with van der Waals surface area (Å²) in [4.78, 5) is 13.2. The molecule has 3 atom stereocenters. The van der Waals surface area contributed by atoms with Crippen molar-refractivity contribution in [3.05, 3.63) is 82.3 Å². The van der Waals surface area contributed by atoms with Gasteiger partial charge in [-0.25, -0.2) is 9.07 Å². The summed E-state index contributed by atoms with van der Waals surface area (Å²) in [6.45, 7) is 3.91. The molecular formula is C28H33FN4O2. The summed E-state index contributed by atoms with van der Waals surface area (Å²) < 4.78 is 15.9. The van der Waals surface area contributed by atoms with Gasteiger partial charge < -0.3 is 15.7 Å². The van der Waals surface area contributed by atoms with Crippen molar-refractivity contribution in [3.63, 3.8) is 0 Å². The summed E-state index contributed by atoms with van der Waals surface area (Å²) in [5, 5.41) is 22.5. The number of amides is 1. The van der Waals surface area contributed by atoms with Crippen LogP contribution in [0.15, 0.2) is 48.5 Å². The fourth-order valence-corrected chi connectivity index (χ4v) is 5.66. The lowest BCUT2D eigenvalue weighted by molar-refractivity contribution is 0.0842. The van der Waals surface area contributed by atoms with Crippen LogP contribution in [0.2, 0.25) is 0 Å². The standard InChI is InChI=1S/C28H33FN4O2/c1-17-8-7-9-20(16-17)27(34)30-25-24(19-12-14-21(29)15-13-19)23-18(2)32-33(26(23)31-28(25)35)22-10-5-3-4-6-11-22/h7-9,12-16,22,24-25,28,31,35H,3-6,10-11H2,1-2H3,(H,30,34)/t24-,25+,28?/m0/s1. The normalized spacial score (nSPS) is 22.7. The number of benzene rings is 2. The topological polar surface area (TPSA) is 79.2 Å². The summed E-state index contributed by atoms with van der Waals surface area (Å²) >= 11 is 0. The van der Waals surface area contributed by atoms with Crippen molar-refractivity contribution < 1.29 is 14.3 Å². The molecule has 0 bridgehead atoms. The van der Waals surface area contributed by atoms with E-state index in [1.165, 1.54) is 25.0 Å². The van der Waals surface area contributed by atoms with E-state index in [2.05, 4.69) is 10.6 Å². The summed E-state index contributed by atoms with van der Waals surface area (Å²) in [5.41, 5.74) is 4.14. The minimum Gasteiger partial charge on any atom is -0.372 e. The van der Waals surface area contributed by atoms with Gasteiger partial charge in [-0.2, -0.15) is 5.10 Å². The SMILES string of the molecule is Cc1cccc(C(=O)N[C@H]2C(O)Nc3c(c(C)nn3C3CCCCCC3)[C@@H]2c2ccc(F)cc2)c1. The maximum atomic E-state index is 13.8. The fourth-order valence-electron chi connectivity index (χ4n) is 5.66. The number of fused-ring (bicyclic) bond motifs is 1. The Morgan fingerprint density at radius 1 is 1.09 bits per heavy atom. The molecule has 6 nitrogen and oxygen atoms in total. The Morgan fingerprint density at radius 2 is 1.80 bits per heavy atom. The number of nitrogens with one attached hydrogen (secondary N) is 2. The first kappa shape index (κ1) is 23.5. The number of hydrogen-bond acceptors (Lipinski definition) is 4. The van der Waals surface area contributed by atoms with Crippen LogP contribution in [0.3, 0.4) is 0 Å². The van der Waals surface area contributed by atoms with Crippen molar-refractivity contribution in [3.8, 4) is 0 Å². The monoisotopic (exact) mass is 476 g/mol. The summed E-state index contributed by atoms with van der Waals surface area (Å²) in [7, 11) is 0. The van der Waals surface area contributed by atoms with Crippen LogP contribution in [0.1, 0.15) is 83.2 Å². The molecule has 3 N–H and O–H groups in total. The minimum atomic E-state index is -1.04. The number of carbonyl (C=O) groups is 1. The van der Waals surface area contributed by atoms with Gasteiger partial charge >= 0.3 is 0 Å². The molecule has 2 heterocycles. The van der Waals surface area contributed by atoms with Gasteiger partial charge in [-0.05, 0) is 56.5 Å². The zero-order chi connectivity index (χ0) is 24.5. The van der Waals surface area contributed by atoms with Gasteiger partial charge in [0.25, 0.3) is 5.91 Å². The molecule has 1 saturated carbocycles. The van der Waals surface area contributed by atoms with Crippen molar-refractivity contribution in [1.82, 2.24) is 15.1 Å². The maximum absolute atomic E-state index is 13.8. The van der Waals surface area contributed by atoms with Crippen LogP contribution in [0.5, 0.6) is 0 Å². The first-order valence-electron chi connectivity index (χ1n) is 12.6. The molecule has 2 aliphatic rings. The fraction of sp³-hybridized carbons (Fsp3) is 0.429. The second kappa shape index (κ2) is 9.82. The molecule has 2 aromatic carbocycles. The van der Waals surface area contributed by atoms with E-state index in [4.69, 9.17) is 5.10 Å². The van der Waals surface area contributed by atoms with E-state index in [0.717, 1.165) is 53.9 Å². The van der Waals surface area contributed by atoms with Crippen LogP contribution in [0, 0.1) is 19.7 Å². The molecule has 1 amide bonds. The average Bonchev–Trinajstić information content (AvgIpc) is 3.01. The van der Waals surface area contributed by atoms with Gasteiger partial charge in [-0.15, -0.1) is 0 Å². The van der Waals surface area contributed by atoms with Gasteiger partial charge in [-0.3, -0.25) is 4.79 Å². The molecule has 5 rings (SSSR count). The van der Waals surface area contributed by atoms with Crippen LogP contribution in [-0.4, -0.2) is 33.1 Å². The molecule has 1 fully saturated rings. The highest BCUT2D eigenvalue weighted by atomic mass is 19.1. The smallest absolute Gasteiger partial charge is 0.251 e. The van der Waals surface area contributed by atoms with E-state index in [9.17, 15) is 14.3 Å². The molecule has 0 spiro atoms. The molecule has 7 heteroatoms. The Bertz CT molecular complexity index is 1200. The van der Waals surface area contributed by atoms with Gasteiger partial charge in [0.2, 0.25) is 0 Å². The predicted molar refractivity (Wildman–Crippen MR) is 134 cm³/mol. The Morgan fingerprint density at radius 3 is 2.49 bits per heavy atom. The number of halogens is 1. The highest BCUT2D eigenvalue weighted by Gasteiger charge is 2.42. The number of hydrogen-bond donors (Lipinski definition) is 3. The molecule has 0 radical (unpaired) electrons. The van der Waals surface area contributed by atoms with Gasteiger partial charge in [0, 0.05) is 17.0 Å². The molecule has 1 aromatic heterocycles. The van der Waals surface area contributed by atoms with E-state index >= 15 is 0 Å². The zero-order valence-electron chi connectivity index (χ0n) is 20.3. The summed E-state index contributed by atoms with van der Waals surface area (Å²) in [5.74, 6) is -0.161. The highest BCUT2D eigenvalue weighted by molar-refractivity contribution is 5.94. The molecule has 1 unspecified atom stereocenters. The van der Waals surface area contributed by atoms with Crippen LogP contribution >= 0.6 is 0 Å². The van der Waals surface area contributed by atoms with Crippen LogP contribution in [0.25, 0.3) is 0 Å². The second-order valence-electron chi connectivity index (χ2n) is 9.92. The molecule has 35 heavy (non-hydrogen) atoms. The lowest BCUT2D eigenvalue weighted by atomic mass is 9.81. The number of anilines is 1. The van der Waals surface area contributed by atoms with E-state index in [0.29, 0.717) is 5.56 Å². The van der Waals surface area contributed by atoms with E-state index in [1.54, 1.807) is 18.2 Å². The van der Waals surface area contributed by atoms with E-state index < -0.39 is 12.3 Å². The lowest BCUT2D eigenvalue weighted by Gasteiger charge is -2.38. The summed E-state index contributed by atoms with van der Waals surface area (Å²) in [6, 6.07) is 13.3. The first-order chi connectivity index (χ1) is 16.9. The number of rotatable bonds is 4. The Kier molecular flexibility index (Phi) is 6.60. The quantitative estimate of drug-likeness (QED) is 0.452. The first-order valence-corrected chi connectivity index (χ1v) is 12.6. The maximum Gasteiger partial charge on any atom is 0.251 e. The minimum absolute atomic E-state index is 0.260. The Balaban J connectivity index is 1.56. The van der Waals surface area contributed by atoms with E-state index in [1.807, 2.05) is 36.7 Å². The van der Waals surface area contributed by atoms with Crippen molar-refractivity contribution in [2.45, 2.75) is 76.6 Å². The Labute approximate surface area is 205 Å². The number of aryl methyl sites for hydroxylation is 2. The molecule has 0 saturated heterocycles. The molecular weight excluding hydrogens is 443 g/mol. The number of nitrogens with zero attached hydrogens (tertiary/aromatic N) is 2. The molecule has 3 aromatic rings. The number of carbonyl (C=O) groups excluding carboxylic acids is 1. The number of aliphatic hydroxyl groups is 1. The van der Waals surface area contributed by atoms with Crippen molar-refractivity contribution in [2.75, 3.05) is 5.32 Å². The third-order valence-electron chi connectivity index (χ3n) is 7.40.